The van der Waals surface area contributed by atoms with E-state index in [1.807, 2.05) is 24.5 Å². The number of hydrogen-bond acceptors (Lipinski definition) is 4. The number of nitrogens with one attached hydrogen (secondary N) is 2. The summed E-state index contributed by atoms with van der Waals surface area (Å²) < 4.78 is 18.5. The number of pyridine rings is 1. The Bertz CT molecular complexity index is 730. The van der Waals surface area contributed by atoms with Crippen molar-refractivity contribution in [2.75, 3.05) is 20.4 Å². The minimum Gasteiger partial charge on any atom is -0.481 e. The average molecular weight is 490 g/mol. The van der Waals surface area contributed by atoms with E-state index < -0.39 is 0 Å². The zero-order valence-electron chi connectivity index (χ0n) is 15.1. The number of methoxy groups -OCH3 is 1. The molecule has 0 radical (unpaired) electrons. The van der Waals surface area contributed by atoms with Crippen molar-refractivity contribution in [1.82, 2.24) is 15.6 Å². The molecule has 0 spiro atoms. The van der Waals surface area contributed by atoms with E-state index in [0.717, 1.165) is 22.4 Å². The van der Waals surface area contributed by atoms with Crippen LogP contribution in [0, 0.1) is 5.82 Å². The smallest absolute Gasteiger partial charge is 0.213 e. The number of benzene rings is 1. The molecule has 0 aliphatic carbocycles. The number of guanidine groups is 1. The number of thioether (sulfide) groups is 1. The molecule has 2 aromatic rings. The second kappa shape index (κ2) is 11.9. The summed E-state index contributed by atoms with van der Waals surface area (Å²) in [4.78, 5) is 8.31. The molecule has 0 saturated carbocycles. The van der Waals surface area contributed by atoms with Crippen molar-refractivity contribution in [3.63, 3.8) is 0 Å². The summed E-state index contributed by atoms with van der Waals surface area (Å²) in [5, 5.41) is 6.51. The molecular formula is C18H24FIN4OS. The van der Waals surface area contributed by atoms with Crippen molar-refractivity contribution in [3.05, 3.63) is 59.0 Å². The Morgan fingerprint density at radius 1 is 1.19 bits per heavy atom. The lowest BCUT2D eigenvalue weighted by molar-refractivity contribution is 0.397. The first-order valence-electron chi connectivity index (χ1n) is 7.86. The van der Waals surface area contributed by atoms with E-state index in [0.29, 0.717) is 24.9 Å². The van der Waals surface area contributed by atoms with Crippen LogP contribution in [0.5, 0.6) is 5.88 Å². The van der Waals surface area contributed by atoms with Crippen LogP contribution in [-0.4, -0.2) is 31.4 Å². The van der Waals surface area contributed by atoms with Crippen LogP contribution < -0.4 is 15.4 Å². The lowest BCUT2D eigenvalue weighted by atomic mass is 10.1. The molecule has 0 amide bonds. The van der Waals surface area contributed by atoms with Gasteiger partial charge in [0, 0.05) is 38.2 Å². The minimum atomic E-state index is -0.207. The average Bonchev–Trinajstić information content (AvgIpc) is 2.63. The summed E-state index contributed by atoms with van der Waals surface area (Å²) in [7, 11) is 3.31. The van der Waals surface area contributed by atoms with Crippen LogP contribution in [0.25, 0.3) is 0 Å². The van der Waals surface area contributed by atoms with Crippen LogP contribution in [0.15, 0.2) is 41.5 Å². The van der Waals surface area contributed by atoms with Crippen LogP contribution >= 0.6 is 35.7 Å². The van der Waals surface area contributed by atoms with Gasteiger partial charge in [-0.2, -0.15) is 11.8 Å². The second-order valence-corrected chi connectivity index (χ2v) is 6.20. The molecule has 142 valence electrons. The van der Waals surface area contributed by atoms with Gasteiger partial charge in [0.1, 0.15) is 5.82 Å². The highest BCUT2D eigenvalue weighted by Crippen LogP contribution is 2.16. The molecule has 0 unspecified atom stereocenters. The molecule has 0 bridgehead atoms. The molecule has 1 heterocycles. The van der Waals surface area contributed by atoms with E-state index in [9.17, 15) is 4.39 Å². The minimum absolute atomic E-state index is 0. The second-order valence-electron chi connectivity index (χ2n) is 5.33. The van der Waals surface area contributed by atoms with E-state index in [-0.39, 0.29) is 29.8 Å². The largest absolute Gasteiger partial charge is 0.481 e. The normalized spacial score (nSPS) is 10.8. The fourth-order valence-electron chi connectivity index (χ4n) is 2.31. The third-order valence-electron chi connectivity index (χ3n) is 3.61. The van der Waals surface area contributed by atoms with Gasteiger partial charge in [0.15, 0.2) is 5.96 Å². The molecule has 1 aromatic heterocycles. The monoisotopic (exact) mass is 490 g/mol. The van der Waals surface area contributed by atoms with E-state index in [2.05, 4.69) is 20.6 Å². The molecule has 0 saturated heterocycles. The van der Waals surface area contributed by atoms with Gasteiger partial charge >= 0.3 is 0 Å². The van der Waals surface area contributed by atoms with E-state index in [1.165, 1.54) is 6.07 Å². The number of aromatic nitrogens is 1. The maximum Gasteiger partial charge on any atom is 0.213 e. The third-order valence-corrected chi connectivity index (χ3v) is 4.21. The zero-order chi connectivity index (χ0) is 18.1. The van der Waals surface area contributed by atoms with Gasteiger partial charge < -0.3 is 15.4 Å². The maximum absolute atomic E-state index is 13.4. The summed E-state index contributed by atoms with van der Waals surface area (Å²) >= 11 is 1.67. The van der Waals surface area contributed by atoms with Crippen LogP contribution in [0.3, 0.4) is 0 Å². The Labute approximate surface area is 175 Å². The SMILES string of the molecule is CN=C(NCc1ccnc(OC)c1)NCc1ccc(F)cc1CSC.I. The Hall–Kier alpha value is -1.55. The number of ether oxygens (including phenoxy) is 1. The van der Waals surface area contributed by atoms with Gasteiger partial charge in [-0.15, -0.1) is 24.0 Å². The highest BCUT2D eigenvalue weighted by molar-refractivity contribution is 14.0. The molecule has 0 atom stereocenters. The van der Waals surface area contributed by atoms with E-state index in [1.54, 1.807) is 38.2 Å². The summed E-state index contributed by atoms with van der Waals surface area (Å²) in [6.45, 7) is 1.18. The predicted molar refractivity (Wildman–Crippen MR) is 117 cm³/mol. The van der Waals surface area contributed by atoms with Crippen molar-refractivity contribution in [2.24, 2.45) is 4.99 Å². The Kier molecular flexibility index (Phi) is 10.3. The van der Waals surface area contributed by atoms with Gasteiger partial charge in [-0.25, -0.2) is 9.37 Å². The fraction of sp³-hybridized carbons (Fsp3) is 0.333. The first-order valence-corrected chi connectivity index (χ1v) is 9.25. The maximum atomic E-state index is 13.4. The molecule has 5 nitrogen and oxygen atoms in total. The van der Waals surface area contributed by atoms with Crippen molar-refractivity contribution in [3.8, 4) is 5.88 Å². The molecule has 1 aromatic carbocycles. The molecule has 0 aliphatic rings. The summed E-state index contributed by atoms with van der Waals surface area (Å²) in [6.07, 6.45) is 3.71. The quantitative estimate of drug-likeness (QED) is 0.353. The summed E-state index contributed by atoms with van der Waals surface area (Å²) in [5.41, 5.74) is 3.10. The lowest BCUT2D eigenvalue weighted by Gasteiger charge is -2.14. The van der Waals surface area contributed by atoms with Crippen molar-refractivity contribution >= 4 is 41.7 Å². The van der Waals surface area contributed by atoms with Crippen molar-refractivity contribution in [2.45, 2.75) is 18.8 Å². The first kappa shape index (κ1) is 22.5. The number of aliphatic imine (C=N–C) groups is 1. The molecule has 0 fully saturated rings. The summed E-state index contributed by atoms with van der Waals surface area (Å²) in [5.74, 6) is 1.82. The van der Waals surface area contributed by atoms with Gasteiger partial charge in [0.25, 0.3) is 0 Å². The van der Waals surface area contributed by atoms with E-state index >= 15 is 0 Å². The van der Waals surface area contributed by atoms with Gasteiger partial charge in [-0.1, -0.05) is 6.07 Å². The van der Waals surface area contributed by atoms with Crippen LogP contribution in [-0.2, 0) is 18.8 Å². The van der Waals surface area contributed by atoms with Gasteiger partial charge in [0.2, 0.25) is 5.88 Å². The van der Waals surface area contributed by atoms with Gasteiger partial charge in [0.05, 0.1) is 7.11 Å². The third kappa shape index (κ3) is 6.99. The molecule has 2 N–H and O–H groups in total. The number of rotatable bonds is 7. The Morgan fingerprint density at radius 3 is 2.65 bits per heavy atom. The first-order chi connectivity index (χ1) is 12.2. The predicted octanol–water partition coefficient (Wildman–Crippen LogP) is 3.58. The molecule has 0 aliphatic heterocycles. The lowest BCUT2D eigenvalue weighted by Crippen LogP contribution is -2.36. The molecule has 26 heavy (non-hydrogen) atoms. The number of halogens is 2. The summed E-state index contributed by atoms with van der Waals surface area (Å²) in [6, 6.07) is 8.68. The fourth-order valence-corrected chi connectivity index (χ4v) is 2.89. The standard InChI is InChI=1S/C18H23FN4OS.HI/c1-20-18(22-10-13-6-7-21-17(8-13)24-2)23-11-14-4-5-16(19)9-15(14)12-25-3;/h4-9H,10-12H2,1-3H3,(H2,20,22,23);1H. The van der Waals surface area contributed by atoms with Crippen LogP contribution in [0.4, 0.5) is 4.39 Å². The van der Waals surface area contributed by atoms with Gasteiger partial charge in [-0.05, 0) is 41.1 Å². The highest BCUT2D eigenvalue weighted by atomic mass is 127. The molecule has 2 rings (SSSR count). The Balaban J connectivity index is 0.00000338. The van der Waals surface area contributed by atoms with Crippen molar-refractivity contribution in [1.29, 1.82) is 0 Å². The Morgan fingerprint density at radius 2 is 1.96 bits per heavy atom. The van der Waals surface area contributed by atoms with Crippen LogP contribution in [0.2, 0.25) is 0 Å². The zero-order valence-corrected chi connectivity index (χ0v) is 18.2. The topological polar surface area (TPSA) is 58.5 Å². The van der Waals surface area contributed by atoms with Crippen molar-refractivity contribution < 1.29 is 9.13 Å². The number of nitrogens with zero attached hydrogens (tertiary/aromatic N) is 2. The van der Waals surface area contributed by atoms with E-state index in [4.69, 9.17) is 4.74 Å². The van der Waals surface area contributed by atoms with Crippen LogP contribution in [0.1, 0.15) is 16.7 Å². The molecule has 8 heteroatoms. The molecular weight excluding hydrogens is 466 g/mol. The number of hydrogen-bond donors (Lipinski definition) is 2. The van der Waals surface area contributed by atoms with Gasteiger partial charge in [-0.3, -0.25) is 4.99 Å². The highest BCUT2D eigenvalue weighted by Gasteiger charge is 2.06.